The minimum Gasteiger partial charge on any atom is -0.366 e. The lowest BCUT2D eigenvalue weighted by Gasteiger charge is -2.16. The van der Waals surface area contributed by atoms with Gasteiger partial charge in [-0.1, -0.05) is 0 Å². The molecule has 1 amide bonds. The van der Waals surface area contributed by atoms with Gasteiger partial charge in [0.2, 0.25) is 0 Å². The summed E-state index contributed by atoms with van der Waals surface area (Å²) < 4.78 is 3.46. The average Bonchev–Trinajstić information content (AvgIpc) is 3.28. The van der Waals surface area contributed by atoms with Gasteiger partial charge in [-0.15, -0.1) is 0 Å². The Morgan fingerprint density at radius 1 is 1.35 bits per heavy atom. The van der Waals surface area contributed by atoms with Crippen LogP contribution in [0.4, 0.5) is 0 Å². The Hall–Kier alpha value is -3.03. The van der Waals surface area contributed by atoms with Gasteiger partial charge in [0, 0.05) is 25.0 Å². The monoisotopic (exact) mass is 352 g/mol. The molecule has 0 radical (unpaired) electrons. The van der Waals surface area contributed by atoms with Crippen LogP contribution < -0.4 is 11.3 Å². The van der Waals surface area contributed by atoms with Gasteiger partial charge in [-0.3, -0.25) is 18.8 Å². The highest BCUT2D eigenvalue weighted by atomic mass is 16.1. The van der Waals surface area contributed by atoms with Crippen LogP contribution >= 0.6 is 0 Å². The van der Waals surface area contributed by atoms with Crippen molar-refractivity contribution in [3.05, 3.63) is 40.6 Å². The van der Waals surface area contributed by atoms with Gasteiger partial charge in [-0.25, -0.2) is 9.97 Å². The van der Waals surface area contributed by atoms with Crippen molar-refractivity contribution in [1.29, 1.82) is 0 Å². The van der Waals surface area contributed by atoms with Crippen molar-refractivity contribution in [2.75, 3.05) is 0 Å². The van der Waals surface area contributed by atoms with Crippen LogP contribution in [-0.2, 0) is 6.54 Å². The predicted octanol–water partition coefficient (Wildman–Crippen LogP) is 1.74. The first kappa shape index (κ1) is 16.4. The van der Waals surface area contributed by atoms with E-state index in [1.54, 1.807) is 10.8 Å². The van der Waals surface area contributed by atoms with E-state index >= 15 is 0 Å². The second kappa shape index (κ2) is 6.05. The Balaban J connectivity index is 1.95. The number of rotatable bonds is 5. The van der Waals surface area contributed by atoms with Crippen molar-refractivity contribution in [3.63, 3.8) is 0 Å². The third kappa shape index (κ3) is 2.77. The number of hydrogen-bond donors (Lipinski definition) is 1. The molecule has 3 heterocycles. The third-order valence-electron chi connectivity index (χ3n) is 4.61. The molecule has 8 heteroatoms. The molecule has 1 aliphatic carbocycles. The van der Waals surface area contributed by atoms with E-state index in [-0.39, 0.29) is 28.2 Å². The summed E-state index contributed by atoms with van der Waals surface area (Å²) in [5.74, 6) is 0.516. The fourth-order valence-corrected chi connectivity index (χ4v) is 3.12. The molecule has 0 bridgehead atoms. The van der Waals surface area contributed by atoms with E-state index in [1.165, 1.54) is 25.1 Å². The molecule has 2 N–H and O–H groups in total. The molecule has 8 nitrogen and oxygen atoms in total. The zero-order valence-corrected chi connectivity index (χ0v) is 14.7. The molecule has 26 heavy (non-hydrogen) atoms. The summed E-state index contributed by atoms with van der Waals surface area (Å²) in [5.41, 5.74) is 6.45. The van der Waals surface area contributed by atoms with Crippen LogP contribution in [0, 0.1) is 5.92 Å². The molecule has 0 aromatic carbocycles. The lowest BCUT2D eigenvalue weighted by Crippen LogP contribution is -2.27. The minimum atomic E-state index is -0.637. The zero-order chi connectivity index (χ0) is 18.4. The number of fused-ring (bicyclic) bond motifs is 1. The van der Waals surface area contributed by atoms with Crippen molar-refractivity contribution in [3.8, 4) is 11.4 Å². The van der Waals surface area contributed by atoms with Crippen LogP contribution in [0.15, 0.2) is 29.5 Å². The van der Waals surface area contributed by atoms with E-state index in [1.807, 2.05) is 24.7 Å². The van der Waals surface area contributed by atoms with Gasteiger partial charge in [0.15, 0.2) is 5.52 Å². The number of pyridine rings is 1. The number of amides is 1. The highest BCUT2D eigenvalue weighted by Gasteiger charge is 2.23. The number of carbonyl (C=O) groups excluding carboxylic acids is 1. The highest BCUT2D eigenvalue weighted by Crippen LogP contribution is 2.31. The van der Waals surface area contributed by atoms with E-state index in [9.17, 15) is 9.59 Å². The van der Waals surface area contributed by atoms with E-state index in [0.717, 1.165) is 12.1 Å². The Morgan fingerprint density at radius 3 is 2.77 bits per heavy atom. The molecular formula is C18H20N6O2. The summed E-state index contributed by atoms with van der Waals surface area (Å²) in [6, 6.07) is 1.36. The molecule has 1 saturated carbocycles. The van der Waals surface area contributed by atoms with Gasteiger partial charge in [0.1, 0.15) is 11.3 Å². The first-order valence-corrected chi connectivity index (χ1v) is 8.69. The molecular weight excluding hydrogens is 332 g/mol. The molecule has 0 atom stereocenters. The summed E-state index contributed by atoms with van der Waals surface area (Å²) >= 11 is 0. The first-order chi connectivity index (χ1) is 12.5. The lowest BCUT2D eigenvalue weighted by molar-refractivity contribution is 0.100. The van der Waals surface area contributed by atoms with E-state index < -0.39 is 5.91 Å². The Labute approximate surface area is 149 Å². The average molecular weight is 352 g/mol. The largest absolute Gasteiger partial charge is 0.366 e. The van der Waals surface area contributed by atoms with Gasteiger partial charge in [-0.2, -0.15) is 5.10 Å². The van der Waals surface area contributed by atoms with Gasteiger partial charge < -0.3 is 5.73 Å². The summed E-state index contributed by atoms with van der Waals surface area (Å²) in [6.07, 6.45) is 7.46. The maximum Gasteiger partial charge on any atom is 0.280 e. The summed E-state index contributed by atoms with van der Waals surface area (Å²) in [7, 11) is 0. The Bertz CT molecular complexity index is 1060. The van der Waals surface area contributed by atoms with Crippen molar-refractivity contribution in [2.24, 2.45) is 11.7 Å². The summed E-state index contributed by atoms with van der Waals surface area (Å²) in [5, 5.41) is 4.39. The molecule has 1 aliphatic rings. The predicted molar refractivity (Wildman–Crippen MR) is 96.6 cm³/mol. The first-order valence-electron chi connectivity index (χ1n) is 8.69. The van der Waals surface area contributed by atoms with Crippen molar-refractivity contribution in [1.82, 2.24) is 24.3 Å². The molecule has 4 rings (SSSR count). The van der Waals surface area contributed by atoms with Gasteiger partial charge in [0.05, 0.1) is 17.3 Å². The van der Waals surface area contributed by atoms with E-state index in [0.29, 0.717) is 11.7 Å². The topological polar surface area (TPSA) is 109 Å². The highest BCUT2D eigenvalue weighted by molar-refractivity contribution is 6.03. The third-order valence-corrected chi connectivity index (χ3v) is 4.61. The number of hydrogen-bond acceptors (Lipinski definition) is 5. The number of carbonyl (C=O) groups is 1. The van der Waals surface area contributed by atoms with Crippen LogP contribution in [0.2, 0.25) is 0 Å². The summed E-state index contributed by atoms with van der Waals surface area (Å²) in [4.78, 5) is 33.5. The number of nitrogens with two attached hydrogens (primary N) is 1. The Morgan fingerprint density at radius 2 is 2.12 bits per heavy atom. The van der Waals surface area contributed by atoms with Gasteiger partial charge >= 0.3 is 0 Å². The summed E-state index contributed by atoms with van der Waals surface area (Å²) in [6.45, 7) is 4.68. The second-order valence-corrected chi connectivity index (χ2v) is 7.02. The van der Waals surface area contributed by atoms with Crippen LogP contribution in [0.3, 0.4) is 0 Å². The SMILES string of the molecule is CC(C)n1c(-c2cnn(CC3CC3)c2)nc2c(C(N)=O)ccnc2c1=O. The van der Waals surface area contributed by atoms with Crippen LogP contribution in [-0.4, -0.2) is 30.2 Å². The normalized spacial score (nSPS) is 14.3. The van der Waals surface area contributed by atoms with Crippen LogP contribution in [0.1, 0.15) is 43.1 Å². The fraction of sp³-hybridized carbons (Fsp3) is 0.389. The van der Waals surface area contributed by atoms with Crippen molar-refractivity contribution < 1.29 is 4.79 Å². The molecule has 0 aliphatic heterocycles. The number of primary amides is 1. The van der Waals surface area contributed by atoms with Crippen LogP contribution in [0.25, 0.3) is 22.4 Å². The number of aromatic nitrogens is 5. The minimum absolute atomic E-state index is 0.125. The standard InChI is InChI=1S/C18H20N6O2/c1-10(2)24-17(12-7-21-23(9-12)8-11-3-4-11)22-14-13(16(19)25)5-6-20-15(14)18(24)26/h5-7,9-11H,3-4,8H2,1-2H3,(H2,19,25). The maximum atomic E-state index is 13.0. The van der Waals surface area contributed by atoms with Crippen molar-refractivity contribution in [2.45, 2.75) is 39.3 Å². The molecule has 3 aromatic heterocycles. The second-order valence-electron chi connectivity index (χ2n) is 7.02. The lowest BCUT2D eigenvalue weighted by atomic mass is 10.2. The molecule has 134 valence electrons. The van der Waals surface area contributed by atoms with Crippen molar-refractivity contribution >= 4 is 16.9 Å². The number of nitrogens with zero attached hydrogens (tertiary/aromatic N) is 5. The quantitative estimate of drug-likeness (QED) is 0.752. The molecule has 1 fully saturated rings. The fourth-order valence-electron chi connectivity index (χ4n) is 3.12. The van der Waals surface area contributed by atoms with Gasteiger partial charge in [-0.05, 0) is 38.7 Å². The molecule has 0 spiro atoms. The van der Waals surface area contributed by atoms with E-state index in [2.05, 4.69) is 15.1 Å². The molecule has 0 saturated heterocycles. The smallest absolute Gasteiger partial charge is 0.280 e. The molecule has 3 aromatic rings. The zero-order valence-electron chi connectivity index (χ0n) is 14.7. The maximum absolute atomic E-state index is 13.0. The molecule has 0 unspecified atom stereocenters. The van der Waals surface area contributed by atoms with E-state index in [4.69, 9.17) is 5.73 Å². The van der Waals surface area contributed by atoms with Gasteiger partial charge in [0.25, 0.3) is 11.5 Å². The van der Waals surface area contributed by atoms with Crippen LogP contribution in [0.5, 0.6) is 0 Å². The Kier molecular flexibility index (Phi) is 3.82.